The van der Waals surface area contributed by atoms with Crippen LogP contribution in [0.5, 0.6) is 0 Å². The second-order valence-corrected chi connectivity index (χ2v) is 6.88. The molecule has 5 nitrogen and oxygen atoms in total. The summed E-state index contributed by atoms with van der Waals surface area (Å²) in [5.41, 5.74) is 4.26. The first kappa shape index (κ1) is 16.1. The van der Waals surface area contributed by atoms with Crippen LogP contribution in [0.25, 0.3) is 33.0 Å². The molecule has 0 aliphatic carbocycles. The zero-order valence-corrected chi connectivity index (χ0v) is 14.4. The Morgan fingerprint density at radius 2 is 1.72 bits per heavy atom. The number of nitrogens with zero attached hydrogens (tertiary/aromatic N) is 1. The van der Waals surface area contributed by atoms with Gasteiger partial charge in [0.1, 0.15) is 5.58 Å². The number of aromatic nitrogens is 1. The Labute approximate surface area is 145 Å². The molecule has 0 spiro atoms. The molecule has 5 heteroatoms. The highest BCUT2D eigenvalue weighted by Crippen LogP contribution is 2.37. The highest BCUT2D eigenvalue weighted by Gasteiger charge is 2.23. The topological polar surface area (TPSA) is 70.6 Å². The summed E-state index contributed by atoms with van der Waals surface area (Å²) in [6, 6.07) is 14.3. The summed E-state index contributed by atoms with van der Waals surface area (Å²) in [6.45, 7) is 2.03. The monoisotopic (exact) mass is 338 g/mol. The number of nitrogens with one attached hydrogen (secondary N) is 1. The molecule has 0 saturated heterocycles. The van der Waals surface area contributed by atoms with Crippen molar-refractivity contribution in [2.75, 3.05) is 13.2 Å². The first-order chi connectivity index (χ1) is 12.1. The lowest BCUT2D eigenvalue weighted by atomic mass is 10.0. The van der Waals surface area contributed by atoms with Crippen LogP contribution in [0.2, 0.25) is 0 Å². The zero-order valence-electron chi connectivity index (χ0n) is 14.4. The number of fused-ring (bicyclic) bond motifs is 5. The summed E-state index contributed by atoms with van der Waals surface area (Å²) in [4.78, 5) is 0. The lowest BCUT2D eigenvalue weighted by Gasteiger charge is -2.26. The van der Waals surface area contributed by atoms with E-state index in [2.05, 4.69) is 35.1 Å². The second kappa shape index (κ2) is 5.88. The van der Waals surface area contributed by atoms with Gasteiger partial charge in [0.2, 0.25) is 0 Å². The number of hydrogen-bond donors (Lipinski definition) is 3. The number of rotatable bonds is 5. The van der Waals surface area contributed by atoms with Crippen LogP contribution in [0, 0.1) is 0 Å². The van der Waals surface area contributed by atoms with Gasteiger partial charge in [-0.1, -0.05) is 24.3 Å². The van der Waals surface area contributed by atoms with Crippen molar-refractivity contribution in [1.29, 1.82) is 0 Å². The van der Waals surface area contributed by atoms with E-state index in [-0.39, 0.29) is 13.2 Å². The van der Waals surface area contributed by atoms with E-state index in [1.807, 2.05) is 24.3 Å². The number of furan rings is 1. The van der Waals surface area contributed by atoms with Gasteiger partial charge in [-0.3, -0.25) is 0 Å². The first-order valence-electron chi connectivity index (χ1n) is 8.42. The normalized spacial score (nSPS) is 12.6. The fourth-order valence-electron chi connectivity index (χ4n) is 3.37. The van der Waals surface area contributed by atoms with Crippen LogP contribution in [-0.2, 0) is 13.6 Å². The van der Waals surface area contributed by atoms with Gasteiger partial charge in [0.15, 0.2) is 5.58 Å². The van der Waals surface area contributed by atoms with Crippen LogP contribution in [0.1, 0.15) is 12.5 Å². The van der Waals surface area contributed by atoms with Gasteiger partial charge < -0.3 is 24.5 Å². The van der Waals surface area contributed by atoms with Crippen LogP contribution in [-0.4, -0.2) is 33.5 Å². The Hall–Kier alpha value is -2.34. The Morgan fingerprint density at radius 1 is 1.00 bits per heavy atom. The van der Waals surface area contributed by atoms with Crippen molar-refractivity contribution in [3.05, 3.63) is 48.0 Å². The summed E-state index contributed by atoms with van der Waals surface area (Å²) in [5.74, 6) is 0. The molecule has 0 bridgehead atoms. The van der Waals surface area contributed by atoms with Crippen molar-refractivity contribution in [1.82, 2.24) is 9.88 Å². The number of hydrogen-bond acceptors (Lipinski definition) is 4. The van der Waals surface area contributed by atoms with Gasteiger partial charge in [0, 0.05) is 29.9 Å². The maximum absolute atomic E-state index is 9.46. The van der Waals surface area contributed by atoms with Crippen molar-refractivity contribution in [3.63, 3.8) is 0 Å². The highest BCUT2D eigenvalue weighted by molar-refractivity contribution is 6.15. The molecule has 0 radical (unpaired) electrons. The molecule has 2 heterocycles. The number of aryl methyl sites for hydroxylation is 1. The average molecular weight is 338 g/mol. The van der Waals surface area contributed by atoms with Gasteiger partial charge in [0.25, 0.3) is 0 Å². The minimum Gasteiger partial charge on any atom is -0.453 e. The third-order valence-electron chi connectivity index (χ3n) is 5.02. The summed E-state index contributed by atoms with van der Waals surface area (Å²) in [5, 5.41) is 24.3. The molecule has 0 saturated carbocycles. The van der Waals surface area contributed by atoms with Crippen molar-refractivity contribution in [2.45, 2.75) is 19.0 Å². The molecule has 25 heavy (non-hydrogen) atoms. The van der Waals surface area contributed by atoms with Gasteiger partial charge in [-0.2, -0.15) is 0 Å². The van der Waals surface area contributed by atoms with Gasteiger partial charge >= 0.3 is 0 Å². The van der Waals surface area contributed by atoms with Gasteiger partial charge in [-0.25, -0.2) is 0 Å². The van der Waals surface area contributed by atoms with E-state index in [1.54, 1.807) is 6.92 Å². The van der Waals surface area contributed by atoms with E-state index in [0.29, 0.717) is 6.54 Å². The van der Waals surface area contributed by atoms with Crippen molar-refractivity contribution in [2.24, 2.45) is 7.05 Å². The summed E-state index contributed by atoms with van der Waals surface area (Å²) in [6.07, 6.45) is 0. The standard InChI is InChI=1S/C20H22N2O3/c1-20(11-23,12-24)21-10-13-6-5-8-15-17-19(25-18(13)15)14-7-3-4-9-16(14)22(17)2/h3-9,21,23-24H,10-12H2,1-2H3. The highest BCUT2D eigenvalue weighted by atomic mass is 16.3. The Balaban J connectivity index is 1.86. The zero-order chi connectivity index (χ0) is 17.6. The van der Waals surface area contributed by atoms with E-state index in [9.17, 15) is 10.2 Å². The Bertz CT molecular complexity index is 1060. The molecular weight excluding hydrogens is 316 g/mol. The van der Waals surface area contributed by atoms with E-state index >= 15 is 0 Å². The lowest BCUT2D eigenvalue weighted by molar-refractivity contribution is 0.103. The van der Waals surface area contributed by atoms with Crippen LogP contribution in [0.3, 0.4) is 0 Å². The van der Waals surface area contributed by atoms with Gasteiger partial charge in [-0.15, -0.1) is 0 Å². The molecule has 0 amide bonds. The van der Waals surface area contributed by atoms with Crippen molar-refractivity contribution < 1.29 is 14.6 Å². The van der Waals surface area contributed by atoms with Crippen LogP contribution in [0.15, 0.2) is 46.9 Å². The lowest BCUT2D eigenvalue weighted by Crippen LogP contribution is -2.48. The molecule has 4 rings (SSSR count). The molecule has 3 N–H and O–H groups in total. The van der Waals surface area contributed by atoms with E-state index in [1.165, 1.54) is 0 Å². The predicted octanol–water partition coefficient (Wildman–Crippen LogP) is 2.91. The van der Waals surface area contributed by atoms with Crippen molar-refractivity contribution >= 4 is 33.0 Å². The summed E-state index contributed by atoms with van der Waals surface area (Å²) >= 11 is 0. The van der Waals surface area contributed by atoms with E-state index in [4.69, 9.17) is 4.42 Å². The number of benzene rings is 2. The molecule has 0 aliphatic heterocycles. The molecule has 130 valence electrons. The summed E-state index contributed by atoms with van der Waals surface area (Å²) < 4.78 is 8.43. The number of aliphatic hydroxyl groups excluding tert-OH is 2. The smallest absolute Gasteiger partial charge is 0.161 e. The van der Waals surface area contributed by atoms with Crippen LogP contribution >= 0.6 is 0 Å². The molecular formula is C20H22N2O3. The fourth-order valence-corrected chi connectivity index (χ4v) is 3.37. The molecule has 0 aliphatic rings. The molecule has 0 atom stereocenters. The Kier molecular flexibility index (Phi) is 3.80. The minimum absolute atomic E-state index is 0.135. The third kappa shape index (κ3) is 2.43. The molecule has 2 aromatic carbocycles. The number of para-hydroxylation sites is 2. The number of aliphatic hydroxyl groups is 2. The fraction of sp³-hybridized carbons (Fsp3) is 0.300. The van der Waals surface area contributed by atoms with Gasteiger partial charge in [-0.05, 0) is 25.1 Å². The maximum atomic E-state index is 9.46. The second-order valence-electron chi connectivity index (χ2n) is 6.88. The maximum Gasteiger partial charge on any atom is 0.161 e. The van der Waals surface area contributed by atoms with E-state index in [0.717, 1.165) is 38.5 Å². The first-order valence-corrected chi connectivity index (χ1v) is 8.42. The minimum atomic E-state index is -0.721. The SMILES string of the molecule is Cn1c2ccccc2c2oc3c(CNC(C)(CO)CO)cccc3c21. The summed E-state index contributed by atoms with van der Waals surface area (Å²) in [7, 11) is 2.05. The van der Waals surface area contributed by atoms with Crippen LogP contribution in [0.4, 0.5) is 0 Å². The molecule has 0 unspecified atom stereocenters. The quantitative estimate of drug-likeness (QED) is 0.523. The molecule has 2 aromatic heterocycles. The van der Waals surface area contributed by atoms with E-state index < -0.39 is 5.54 Å². The Morgan fingerprint density at radius 3 is 2.48 bits per heavy atom. The third-order valence-corrected chi connectivity index (χ3v) is 5.02. The van der Waals surface area contributed by atoms with Crippen molar-refractivity contribution in [3.8, 4) is 0 Å². The van der Waals surface area contributed by atoms with Gasteiger partial charge in [0.05, 0.1) is 29.8 Å². The van der Waals surface area contributed by atoms with Crippen LogP contribution < -0.4 is 5.32 Å². The predicted molar refractivity (Wildman–Crippen MR) is 99.6 cm³/mol. The molecule has 4 aromatic rings. The average Bonchev–Trinajstić information content (AvgIpc) is 3.17. The molecule has 0 fully saturated rings. The largest absolute Gasteiger partial charge is 0.453 e.